The second kappa shape index (κ2) is 14.0. The summed E-state index contributed by atoms with van der Waals surface area (Å²) in [4.78, 5) is 25.7. The zero-order valence-electron chi connectivity index (χ0n) is 23.6. The first-order valence-corrected chi connectivity index (χ1v) is 14.7. The normalized spacial score (nSPS) is 11.3. The average Bonchev–Trinajstić information content (AvgIpc) is 3.40. The minimum Gasteiger partial charge on any atom is -0.497 e. The van der Waals surface area contributed by atoms with Gasteiger partial charge in [0.15, 0.2) is 11.0 Å². The highest BCUT2D eigenvalue weighted by molar-refractivity contribution is 7.99. The van der Waals surface area contributed by atoms with E-state index < -0.39 is 17.6 Å². The zero-order valence-corrected chi connectivity index (χ0v) is 25.2. The number of hydrogen-bond acceptors (Lipinski definition) is 6. The Balaban J connectivity index is 1.59. The van der Waals surface area contributed by atoms with Gasteiger partial charge in [-0.3, -0.25) is 14.2 Å². The fourth-order valence-corrected chi connectivity index (χ4v) is 5.27. The Morgan fingerprint density at radius 3 is 2.28 bits per heavy atom. The van der Waals surface area contributed by atoms with Crippen molar-refractivity contribution >= 4 is 40.9 Å². The van der Waals surface area contributed by atoms with Gasteiger partial charge in [-0.1, -0.05) is 55.4 Å². The number of aromatic nitrogens is 3. The molecule has 0 radical (unpaired) electrons. The number of benzene rings is 3. The van der Waals surface area contributed by atoms with Crippen LogP contribution in [0.3, 0.4) is 0 Å². The Labute approximate surface area is 256 Å². The van der Waals surface area contributed by atoms with Crippen LogP contribution in [0.1, 0.15) is 46.7 Å². The van der Waals surface area contributed by atoms with Crippen LogP contribution in [0, 0.1) is 0 Å². The van der Waals surface area contributed by atoms with Crippen molar-refractivity contribution in [3.05, 3.63) is 93.8 Å². The minimum absolute atomic E-state index is 0.0196. The number of aryl methyl sites for hydroxylation is 2. The lowest BCUT2D eigenvalue weighted by Crippen LogP contribution is -2.25. The minimum atomic E-state index is -4.59. The Bertz CT molecular complexity index is 1590. The van der Waals surface area contributed by atoms with Gasteiger partial charge in [-0.15, -0.1) is 10.2 Å². The summed E-state index contributed by atoms with van der Waals surface area (Å²) in [5.74, 6) is -0.00155. The average molecular weight is 632 g/mol. The lowest BCUT2D eigenvalue weighted by atomic mass is 10.0. The molecule has 0 unspecified atom stereocenters. The maximum atomic E-state index is 13.2. The number of alkyl halides is 3. The molecule has 226 valence electrons. The van der Waals surface area contributed by atoms with Gasteiger partial charge in [-0.05, 0) is 66.4 Å². The number of rotatable bonds is 11. The summed E-state index contributed by atoms with van der Waals surface area (Å²) < 4.78 is 46.5. The van der Waals surface area contributed by atoms with Crippen molar-refractivity contribution in [2.75, 3.05) is 18.2 Å². The van der Waals surface area contributed by atoms with E-state index in [1.54, 1.807) is 31.4 Å². The van der Waals surface area contributed by atoms with Gasteiger partial charge in [-0.25, -0.2) is 0 Å². The predicted octanol–water partition coefficient (Wildman–Crippen LogP) is 6.73. The topological polar surface area (TPSA) is 98.1 Å². The molecule has 2 amide bonds. The first kappa shape index (κ1) is 31.9. The van der Waals surface area contributed by atoms with Crippen molar-refractivity contribution in [2.45, 2.75) is 44.6 Å². The molecule has 8 nitrogen and oxygen atoms in total. The molecule has 1 heterocycles. The number of methoxy groups -OCH3 is 1. The first-order chi connectivity index (χ1) is 20.5. The van der Waals surface area contributed by atoms with Gasteiger partial charge in [-0.2, -0.15) is 13.2 Å². The van der Waals surface area contributed by atoms with Gasteiger partial charge in [0.1, 0.15) is 5.75 Å². The largest absolute Gasteiger partial charge is 0.497 e. The maximum absolute atomic E-state index is 13.2. The molecule has 0 saturated carbocycles. The number of hydrogen-bond donors (Lipinski definition) is 2. The van der Waals surface area contributed by atoms with Crippen LogP contribution in [0.15, 0.2) is 65.8 Å². The van der Waals surface area contributed by atoms with E-state index >= 15 is 0 Å². The van der Waals surface area contributed by atoms with E-state index in [1.807, 2.05) is 36.6 Å². The monoisotopic (exact) mass is 631 g/mol. The van der Waals surface area contributed by atoms with Crippen LogP contribution in [0.5, 0.6) is 5.75 Å². The number of para-hydroxylation sites is 1. The van der Waals surface area contributed by atoms with Crippen LogP contribution < -0.4 is 15.4 Å². The van der Waals surface area contributed by atoms with Gasteiger partial charge >= 0.3 is 6.18 Å². The molecule has 0 aliphatic rings. The summed E-state index contributed by atoms with van der Waals surface area (Å²) in [6.07, 6.45) is -3.17. The van der Waals surface area contributed by atoms with E-state index in [2.05, 4.69) is 20.8 Å². The number of carbonyl (C=O) groups is 2. The molecule has 0 fully saturated rings. The second-order valence-corrected chi connectivity index (χ2v) is 10.7. The fraction of sp³-hybridized carbons (Fsp3) is 0.267. The van der Waals surface area contributed by atoms with Crippen LogP contribution in [0.2, 0.25) is 5.02 Å². The fourth-order valence-electron chi connectivity index (χ4n) is 4.35. The summed E-state index contributed by atoms with van der Waals surface area (Å²) in [5.41, 5.74) is 2.26. The molecular weight excluding hydrogens is 603 g/mol. The van der Waals surface area contributed by atoms with Crippen LogP contribution in [0.4, 0.5) is 18.9 Å². The first-order valence-electron chi connectivity index (χ1n) is 13.3. The Morgan fingerprint density at radius 1 is 1.00 bits per heavy atom. The second-order valence-electron chi connectivity index (χ2n) is 9.31. The third-order valence-corrected chi connectivity index (χ3v) is 7.81. The number of carbonyl (C=O) groups excluding carboxylic acids is 2. The van der Waals surface area contributed by atoms with Gasteiger partial charge in [0.2, 0.25) is 5.91 Å². The smallest absolute Gasteiger partial charge is 0.416 e. The van der Waals surface area contributed by atoms with Crippen molar-refractivity contribution in [1.29, 1.82) is 0 Å². The lowest BCUT2D eigenvalue weighted by Gasteiger charge is -2.18. The van der Waals surface area contributed by atoms with Crippen LogP contribution >= 0.6 is 23.4 Å². The zero-order chi connectivity index (χ0) is 31.1. The molecule has 13 heteroatoms. The van der Waals surface area contributed by atoms with Gasteiger partial charge in [0, 0.05) is 5.56 Å². The summed E-state index contributed by atoms with van der Waals surface area (Å²) in [6.45, 7) is 4.09. The van der Waals surface area contributed by atoms with Gasteiger partial charge < -0.3 is 15.4 Å². The molecular formula is C30H29ClF3N5O3S. The number of anilines is 1. The molecule has 0 saturated heterocycles. The van der Waals surface area contributed by atoms with Gasteiger partial charge in [0.25, 0.3) is 5.91 Å². The van der Waals surface area contributed by atoms with Crippen LogP contribution in [-0.4, -0.2) is 39.4 Å². The van der Waals surface area contributed by atoms with E-state index in [-0.39, 0.29) is 28.9 Å². The molecule has 0 bridgehead atoms. The number of thioether (sulfide) groups is 1. The predicted molar refractivity (Wildman–Crippen MR) is 160 cm³/mol. The van der Waals surface area contributed by atoms with E-state index in [0.717, 1.165) is 46.8 Å². The van der Waals surface area contributed by atoms with E-state index in [4.69, 9.17) is 16.3 Å². The van der Waals surface area contributed by atoms with Crippen molar-refractivity contribution in [2.24, 2.45) is 0 Å². The molecule has 0 spiro atoms. The molecule has 3 aromatic carbocycles. The third kappa shape index (κ3) is 7.68. The van der Waals surface area contributed by atoms with E-state index in [0.29, 0.717) is 35.1 Å². The summed E-state index contributed by atoms with van der Waals surface area (Å²) >= 11 is 7.11. The van der Waals surface area contributed by atoms with Crippen molar-refractivity contribution in [1.82, 2.24) is 20.1 Å². The van der Waals surface area contributed by atoms with Crippen molar-refractivity contribution in [3.63, 3.8) is 0 Å². The molecule has 0 aliphatic carbocycles. The number of ether oxygens (including phenoxy) is 1. The molecule has 43 heavy (non-hydrogen) atoms. The maximum Gasteiger partial charge on any atom is 0.416 e. The number of nitrogens with zero attached hydrogens (tertiary/aromatic N) is 3. The van der Waals surface area contributed by atoms with Crippen LogP contribution in [0.25, 0.3) is 5.69 Å². The van der Waals surface area contributed by atoms with Gasteiger partial charge in [0.05, 0.1) is 41.4 Å². The number of halogens is 4. The SMILES string of the molecule is CCc1cccc(CC)c1-n1c(CNC(=O)c2ccc(OC)cc2)nnc1SCC(=O)Nc1cc(C(F)(F)F)ccc1Cl. The Morgan fingerprint density at radius 2 is 1.67 bits per heavy atom. The standard InChI is InChI=1S/C30H29ClF3N5O3S/c1-4-18-7-6-8-19(5-2)27(18)39-25(16-35-28(41)20-9-12-22(42-3)13-10-20)37-38-29(39)43-17-26(40)36-24-15-21(30(32,33)34)11-14-23(24)31/h6-15H,4-5,16-17H2,1-3H3,(H,35,41)(H,36,40). The molecule has 4 aromatic rings. The van der Waals surface area contributed by atoms with Crippen molar-refractivity contribution in [3.8, 4) is 11.4 Å². The molecule has 0 atom stereocenters. The number of amides is 2. The molecule has 0 aliphatic heterocycles. The lowest BCUT2D eigenvalue weighted by molar-refractivity contribution is -0.137. The molecule has 1 aromatic heterocycles. The molecule has 2 N–H and O–H groups in total. The highest BCUT2D eigenvalue weighted by Crippen LogP contribution is 2.34. The number of nitrogens with one attached hydrogen (secondary N) is 2. The Hall–Kier alpha value is -4.03. The van der Waals surface area contributed by atoms with Crippen molar-refractivity contribution < 1.29 is 27.5 Å². The summed E-state index contributed by atoms with van der Waals surface area (Å²) in [5, 5.41) is 14.3. The summed E-state index contributed by atoms with van der Waals surface area (Å²) in [6, 6.07) is 15.4. The quantitative estimate of drug-likeness (QED) is 0.178. The van der Waals surface area contributed by atoms with E-state index in [1.165, 1.54) is 0 Å². The highest BCUT2D eigenvalue weighted by Gasteiger charge is 2.31. The Kier molecular flexibility index (Phi) is 10.4. The summed E-state index contributed by atoms with van der Waals surface area (Å²) in [7, 11) is 1.54. The van der Waals surface area contributed by atoms with E-state index in [9.17, 15) is 22.8 Å². The molecule has 4 rings (SSSR count). The third-order valence-electron chi connectivity index (χ3n) is 6.55. The highest BCUT2D eigenvalue weighted by atomic mass is 35.5. The van der Waals surface area contributed by atoms with Crippen LogP contribution in [-0.2, 0) is 30.4 Å².